The molecule has 1 aromatic heterocycles. The zero-order chi connectivity index (χ0) is 20.8. The fourth-order valence-corrected chi connectivity index (χ4v) is 7.75. The van der Waals surface area contributed by atoms with Crippen LogP contribution in [0.2, 0.25) is 18.1 Å². The Morgan fingerprint density at radius 3 is 1.88 bits per heavy atom. The van der Waals surface area contributed by atoms with Crippen LogP contribution in [0.4, 0.5) is 13.2 Å². The molecule has 0 saturated carbocycles. The van der Waals surface area contributed by atoms with Gasteiger partial charge in [0.05, 0.1) is 0 Å². The van der Waals surface area contributed by atoms with Crippen molar-refractivity contribution in [3.63, 3.8) is 0 Å². The fraction of sp³-hybridized carbons (Fsp3) is 0.667. The van der Waals surface area contributed by atoms with Crippen LogP contribution in [0, 0.1) is 13.8 Å². The molecular weight excluding hydrogens is 430 g/mol. The molecule has 0 unspecified atom stereocenters. The third-order valence-electron chi connectivity index (χ3n) is 4.00. The Morgan fingerprint density at radius 1 is 1.12 bits per heavy atom. The Morgan fingerprint density at radius 2 is 1.58 bits per heavy atom. The van der Waals surface area contributed by atoms with E-state index >= 15 is 0 Å². The van der Waals surface area contributed by atoms with Crippen molar-refractivity contribution in [1.29, 1.82) is 0 Å². The topological polar surface area (TPSA) is 56.3 Å². The maximum atomic E-state index is 12.1. The van der Waals surface area contributed by atoms with E-state index in [4.69, 9.17) is 23.2 Å². The molecule has 4 nitrogen and oxygen atoms in total. The van der Waals surface area contributed by atoms with Gasteiger partial charge in [-0.1, -0.05) is 50.0 Å². The lowest BCUT2D eigenvalue weighted by molar-refractivity contribution is -0.0504. The van der Waals surface area contributed by atoms with Crippen LogP contribution in [0.15, 0.2) is 12.1 Å². The van der Waals surface area contributed by atoms with E-state index in [9.17, 15) is 21.6 Å². The molecule has 1 rings (SSSR count). The molecule has 0 amide bonds. The van der Waals surface area contributed by atoms with Crippen LogP contribution in [0.5, 0.6) is 0 Å². The highest BCUT2D eigenvalue weighted by Crippen LogP contribution is 2.32. The first kappa shape index (κ1) is 25.6. The number of rotatable bonds is 6. The number of aromatic nitrogens is 1. The van der Waals surface area contributed by atoms with Crippen molar-refractivity contribution in [2.24, 2.45) is 0 Å². The molecule has 11 heteroatoms. The lowest BCUT2D eigenvalue weighted by Crippen LogP contribution is -2.42. The highest BCUT2D eigenvalue weighted by molar-refractivity contribution is 7.88. The molecule has 0 fully saturated rings. The monoisotopic (exact) mass is 453 g/mol. The van der Waals surface area contributed by atoms with Crippen LogP contribution >= 0.6 is 23.2 Å². The Labute approximate surface area is 164 Å². The standard InChI is InChI=1S/C8H9Cl2N.C7H15F3O3SSi/c1-5-3-4-7(8(9)10)6(2)11-5;1-4-15(5-2,6-3)13-14(11,12)7(8,9)10/h3-4,8H,1-2H3;4-6H2,1-3H3. The van der Waals surface area contributed by atoms with E-state index in [0.717, 1.165) is 17.0 Å². The first-order chi connectivity index (χ1) is 11.7. The molecule has 0 atom stereocenters. The molecule has 0 spiro atoms. The predicted molar refractivity (Wildman–Crippen MR) is 101 cm³/mol. The number of pyridine rings is 1. The van der Waals surface area contributed by atoms with E-state index in [-0.39, 0.29) is 0 Å². The number of nitrogens with zero attached hydrogens (tertiary/aromatic N) is 1. The molecular formula is C15H24Cl2F3NO3SSi. The number of aryl methyl sites for hydroxylation is 2. The molecule has 0 aliphatic heterocycles. The SMILES string of the molecule is CC[Si](CC)(CC)OS(=O)(=O)C(F)(F)F.Cc1ccc(C(Cl)Cl)c(C)n1. The molecule has 26 heavy (non-hydrogen) atoms. The van der Waals surface area contributed by atoms with Gasteiger partial charge in [-0.2, -0.15) is 21.6 Å². The van der Waals surface area contributed by atoms with Gasteiger partial charge in [-0.3, -0.25) is 4.98 Å². The average molecular weight is 454 g/mol. The summed E-state index contributed by atoms with van der Waals surface area (Å²) in [6.45, 7) is 8.82. The van der Waals surface area contributed by atoms with Gasteiger partial charge in [0.15, 0.2) is 0 Å². The molecule has 0 bridgehead atoms. The average Bonchev–Trinajstić information content (AvgIpc) is 2.52. The molecule has 0 aromatic carbocycles. The molecule has 1 aromatic rings. The van der Waals surface area contributed by atoms with E-state index in [0.29, 0.717) is 18.1 Å². The summed E-state index contributed by atoms with van der Waals surface area (Å²) in [6.07, 6.45) is 0. The summed E-state index contributed by atoms with van der Waals surface area (Å²) in [7, 11) is -8.20. The summed E-state index contributed by atoms with van der Waals surface area (Å²) in [5.41, 5.74) is -2.54. The second-order valence-corrected chi connectivity index (χ2v) is 13.3. The molecule has 152 valence electrons. The van der Waals surface area contributed by atoms with Gasteiger partial charge in [-0.25, -0.2) is 0 Å². The maximum Gasteiger partial charge on any atom is 0.522 e. The molecule has 0 N–H and O–H groups in total. The van der Waals surface area contributed by atoms with E-state index < -0.39 is 28.8 Å². The van der Waals surface area contributed by atoms with Gasteiger partial charge in [-0.05, 0) is 38.0 Å². The second-order valence-electron chi connectivity index (χ2n) is 5.65. The number of alkyl halides is 5. The van der Waals surface area contributed by atoms with Crippen LogP contribution in [-0.4, -0.2) is 27.2 Å². The van der Waals surface area contributed by atoms with Crippen molar-refractivity contribution in [1.82, 2.24) is 4.98 Å². The summed E-state index contributed by atoms with van der Waals surface area (Å²) >= 11 is 11.4. The Bertz CT molecular complexity index is 673. The largest absolute Gasteiger partial charge is 0.522 e. The second kappa shape index (κ2) is 10.3. The van der Waals surface area contributed by atoms with Crippen LogP contribution in [0.1, 0.15) is 42.6 Å². The Balaban J connectivity index is 0.000000502. The summed E-state index contributed by atoms with van der Waals surface area (Å²) in [4.78, 5) is 3.76. The highest BCUT2D eigenvalue weighted by Gasteiger charge is 2.51. The van der Waals surface area contributed by atoms with Gasteiger partial charge in [0.25, 0.3) is 0 Å². The van der Waals surface area contributed by atoms with Gasteiger partial charge in [0, 0.05) is 17.0 Å². The molecule has 0 aliphatic carbocycles. The van der Waals surface area contributed by atoms with E-state index in [1.165, 1.54) is 0 Å². The van der Waals surface area contributed by atoms with E-state index in [1.807, 2.05) is 26.0 Å². The summed E-state index contributed by atoms with van der Waals surface area (Å²) in [6, 6.07) is 4.88. The minimum atomic E-state index is -5.43. The molecule has 1 heterocycles. The van der Waals surface area contributed by atoms with Gasteiger partial charge in [-0.15, -0.1) is 0 Å². The van der Waals surface area contributed by atoms with E-state index in [2.05, 4.69) is 8.86 Å². The highest BCUT2D eigenvalue weighted by atomic mass is 35.5. The Kier molecular flexibility index (Phi) is 10.1. The fourth-order valence-electron chi connectivity index (χ4n) is 2.13. The lowest BCUT2D eigenvalue weighted by Gasteiger charge is -2.27. The summed E-state index contributed by atoms with van der Waals surface area (Å²) < 4.78 is 62.3. The normalized spacial score (nSPS) is 12.7. The van der Waals surface area contributed by atoms with Gasteiger partial charge < -0.3 is 3.87 Å². The lowest BCUT2D eigenvalue weighted by atomic mass is 10.2. The van der Waals surface area contributed by atoms with Crippen molar-refractivity contribution in [2.45, 2.75) is 63.1 Å². The maximum absolute atomic E-state index is 12.1. The van der Waals surface area contributed by atoms with Crippen LogP contribution in [0.25, 0.3) is 0 Å². The van der Waals surface area contributed by atoms with E-state index in [1.54, 1.807) is 20.8 Å². The van der Waals surface area contributed by atoms with Crippen LogP contribution in [0.3, 0.4) is 0 Å². The van der Waals surface area contributed by atoms with Crippen molar-refractivity contribution in [3.8, 4) is 0 Å². The third-order valence-corrected chi connectivity index (χ3v) is 11.2. The Hall–Kier alpha value is -0.353. The summed E-state index contributed by atoms with van der Waals surface area (Å²) in [5.74, 6) is 0. The number of halogens is 5. The van der Waals surface area contributed by atoms with Crippen molar-refractivity contribution >= 4 is 41.6 Å². The quantitative estimate of drug-likeness (QED) is 0.299. The van der Waals surface area contributed by atoms with Gasteiger partial charge in [0.2, 0.25) is 8.32 Å². The van der Waals surface area contributed by atoms with Crippen molar-refractivity contribution < 1.29 is 25.5 Å². The van der Waals surface area contributed by atoms with Crippen LogP contribution < -0.4 is 0 Å². The predicted octanol–water partition coefficient (Wildman–Crippen LogP) is 6.03. The van der Waals surface area contributed by atoms with Crippen LogP contribution in [-0.2, 0) is 14.0 Å². The van der Waals surface area contributed by atoms with Crippen molar-refractivity contribution in [2.75, 3.05) is 0 Å². The van der Waals surface area contributed by atoms with Gasteiger partial charge >= 0.3 is 15.6 Å². The number of hydrogen-bond acceptors (Lipinski definition) is 4. The minimum Gasteiger partial charge on any atom is -0.308 e. The molecule has 0 saturated heterocycles. The first-order valence-corrected chi connectivity index (χ1v) is 12.8. The van der Waals surface area contributed by atoms with Crippen molar-refractivity contribution in [3.05, 3.63) is 29.1 Å². The zero-order valence-electron chi connectivity index (χ0n) is 15.3. The smallest absolute Gasteiger partial charge is 0.308 e. The first-order valence-electron chi connectivity index (χ1n) is 7.99. The molecule has 0 radical (unpaired) electrons. The third kappa shape index (κ3) is 7.34. The van der Waals surface area contributed by atoms with Gasteiger partial charge in [0.1, 0.15) is 4.84 Å². The summed E-state index contributed by atoms with van der Waals surface area (Å²) in [5, 5.41) is 0. The molecule has 0 aliphatic rings. The number of hydrogen-bond donors (Lipinski definition) is 0. The minimum absolute atomic E-state index is 0.356. The zero-order valence-corrected chi connectivity index (χ0v) is 18.7.